The van der Waals surface area contributed by atoms with Crippen molar-refractivity contribution in [3.8, 4) is 11.4 Å². The van der Waals surface area contributed by atoms with Crippen molar-refractivity contribution in [3.05, 3.63) is 59.2 Å². The highest BCUT2D eigenvalue weighted by Crippen LogP contribution is 2.24. The standard InChI is InChI=1S/C20H21N5O3/c1-24-11-13(10-21-24)5-6-18(26)25-8-7-16-17(12-25)23-19(22-16)14-3-2-4-15(9-14)20(27)28/h2-4,9-11H,5-8,12H2,1H3,(H,22,23)(H,27,28). The molecule has 144 valence electrons. The molecule has 4 rings (SSSR count). The number of fused-ring (bicyclic) bond motifs is 1. The topological polar surface area (TPSA) is 104 Å². The number of aromatic nitrogens is 4. The van der Waals surface area contributed by atoms with Crippen LogP contribution >= 0.6 is 0 Å². The second-order valence-corrected chi connectivity index (χ2v) is 6.98. The normalized spacial score (nSPS) is 13.4. The molecule has 1 amide bonds. The summed E-state index contributed by atoms with van der Waals surface area (Å²) < 4.78 is 1.73. The molecule has 3 heterocycles. The van der Waals surface area contributed by atoms with E-state index in [0.717, 1.165) is 22.5 Å². The predicted octanol–water partition coefficient (Wildman–Crippen LogP) is 2.03. The molecule has 0 saturated heterocycles. The fourth-order valence-electron chi connectivity index (χ4n) is 3.45. The van der Waals surface area contributed by atoms with E-state index < -0.39 is 5.97 Å². The first-order valence-corrected chi connectivity index (χ1v) is 9.16. The van der Waals surface area contributed by atoms with Crippen LogP contribution in [0.3, 0.4) is 0 Å². The first kappa shape index (κ1) is 18.0. The summed E-state index contributed by atoms with van der Waals surface area (Å²) in [5, 5.41) is 13.3. The van der Waals surface area contributed by atoms with Crippen LogP contribution in [0.25, 0.3) is 11.4 Å². The van der Waals surface area contributed by atoms with Gasteiger partial charge in [0.2, 0.25) is 5.91 Å². The highest BCUT2D eigenvalue weighted by molar-refractivity contribution is 5.89. The van der Waals surface area contributed by atoms with Crippen LogP contribution in [-0.4, -0.2) is 48.2 Å². The first-order valence-electron chi connectivity index (χ1n) is 9.16. The Labute approximate surface area is 161 Å². The number of imidazole rings is 1. The van der Waals surface area contributed by atoms with Crippen LogP contribution < -0.4 is 0 Å². The molecule has 0 fully saturated rings. The van der Waals surface area contributed by atoms with Crippen molar-refractivity contribution >= 4 is 11.9 Å². The fraction of sp³-hybridized carbons (Fsp3) is 0.300. The van der Waals surface area contributed by atoms with E-state index in [1.54, 1.807) is 29.1 Å². The third-order valence-electron chi connectivity index (χ3n) is 4.95. The fourth-order valence-corrected chi connectivity index (χ4v) is 3.45. The quantitative estimate of drug-likeness (QED) is 0.706. The number of hydrogen-bond acceptors (Lipinski definition) is 4. The molecule has 8 nitrogen and oxygen atoms in total. The van der Waals surface area contributed by atoms with E-state index in [9.17, 15) is 9.59 Å². The highest BCUT2D eigenvalue weighted by Gasteiger charge is 2.24. The monoisotopic (exact) mass is 379 g/mol. The summed E-state index contributed by atoms with van der Waals surface area (Å²) in [6.45, 7) is 1.13. The van der Waals surface area contributed by atoms with Gasteiger partial charge in [0.1, 0.15) is 5.82 Å². The molecule has 0 saturated carbocycles. The van der Waals surface area contributed by atoms with Crippen molar-refractivity contribution < 1.29 is 14.7 Å². The Morgan fingerprint density at radius 2 is 2.18 bits per heavy atom. The predicted molar refractivity (Wildman–Crippen MR) is 102 cm³/mol. The molecule has 0 bridgehead atoms. The molecule has 2 aromatic heterocycles. The number of aryl methyl sites for hydroxylation is 2. The molecule has 28 heavy (non-hydrogen) atoms. The largest absolute Gasteiger partial charge is 0.478 e. The van der Waals surface area contributed by atoms with Gasteiger partial charge in [0.05, 0.1) is 29.7 Å². The van der Waals surface area contributed by atoms with Crippen molar-refractivity contribution in [1.29, 1.82) is 0 Å². The van der Waals surface area contributed by atoms with Crippen LogP contribution in [0.5, 0.6) is 0 Å². The molecular weight excluding hydrogens is 358 g/mol. The lowest BCUT2D eigenvalue weighted by Crippen LogP contribution is -2.36. The molecule has 1 aromatic carbocycles. The lowest BCUT2D eigenvalue weighted by atomic mass is 10.1. The second-order valence-electron chi connectivity index (χ2n) is 6.98. The summed E-state index contributed by atoms with van der Waals surface area (Å²) in [6.07, 6.45) is 5.51. The van der Waals surface area contributed by atoms with Gasteiger partial charge in [-0.3, -0.25) is 9.48 Å². The van der Waals surface area contributed by atoms with Gasteiger partial charge in [0.25, 0.3) is 0 Å². The van der Waals surface area contributed by atoms with Crippen molar-refractivity contribution in [2.75, 3.05) is 6.54 Å². The maximum atomic E-state index is 12.6. The van der Waals surface area contributed by atoms with Crippen LogP contribution in [0, 0.1) is 0 Å². The number of aromatic carboxylic acids is 1. The van der Waals surface area contributed by atoms with Gasteiger partial charge in [0.15, 0.2) is 0 Å². The number of amides is 1. The molecule has 3 aromatic rings. The van der Waals surface area contributed by atoms with Gasteiger partial charge in [-0.1, -0.05) is 12.1 Å². The molecule has 0 spiro atoms. The van der Waals surface area contributed by atoms with Crippen molar-refractivity contribution in [2.24, 2.45) is 7.05 Å². The molecule has 0 radical (unpaired) electrons. The number of H-pyrrole nitrogens is 1. The number of rotatable bonds is 5. The summed E-state index contributed by atoms with van der Waals surface area (Å²) >= 11 is 0. The molecule has 2 N–H and O–H groups in total. The number of nitrogens with one attached hydrogen (secondary N) is 1. The Morgan fingerprint density at radius 1 is 1.32 bits per heavy atom. The summed E-state index contributed by atoms with van der Waals surface area (Å²) in [6, 6.07) is 6.68. The van der Waals surface area contributed by atoms with Gasteiger partial charge in [-0.15, -0.1) is 0 Å². The summed E-state index contributed by atoms with van der Waals surface area (Å²) in [5.74, 6) is -0.222. The smallest absolute Gasteiger partial charge is 0.335 e. The van der Waals surface area contributed by atoms with Crippen molar-refractivity contribution in [1.82, 2.24) is 24.6 Å². The number of carbonyl (C=O) groups excluding carboxylic acids is 1. The van der Waals surface area contributed by atoms with E-state index in [4.69, 9.17) is 5.11 Å². The van der Waals surface area contributed by atoms with Crippen molar-refractivity contribution in [3.63, 3.8) is 0 Å². The number of carbonyl (C=O) groups is 2. The van der Waals surface area contributed by atoms with E-state index in [-0.39, 0.29) is 11.5 Å². The SMILES string of the molecule is Cn1cc(CCC(=O)N2CCc3nc(-c4cccc(C(=O)O)c4)[nH]c3C2)cn1. The minimum Gasteiger partial charge on any atom is -0.478 e. The average molecular weight is 379 g/mol. The van der Waals surface area contributed by atoms with Crippen LogP contribution in [0.15, 0.2) is 36.7 Å². The number of benzene rings is 1. The summed E-state index contributed by atoms with van der Waals surface area (Å²) in [4.78, 5) is 33.5. The van der Waals surface area contributed by atoms with E-state index in [2.05, 4.69) is 15.1 Å². The minimum atomic E-state index is -0.969. The number of carboxylic acids is 1. The van der Waals surface area contributed by atoms with E-state index in [1.165, 1.54) is 0 Å². The van der Waals surface area contributed by atoms with Crippen molar-refractivity contribution in [2.45, 2.75) is 25.8 Å². The number of aromatic amines is 1. The highest BCUT2D eigenvalue weighted by atomic mass is 16.4. The third-order valence-corrected chi connectivity index (χ3v) is 4.95. The number of carboxylic acid groups (broad SMARTS) is 1. The Bertz CT molecular complexity index is 1040. The maximum Gasteiger partial charge on any atom is 0.335 e. The van der Waals surface area contributed by atoms with Crippen LogP contribution in [0.1, 0.15) is 33.7 Å². The Hall–Kier alpha value is -3.42. The van der Waals surface area contributed by atoms with E-state index in [0.29, 0.717) is 38.2 Å². The molecule has 0 unspecified atom stereocenters. The van der Waals surface area contributed by atoms with E-state index >= 15 is 0 Å². The Balaban J connectivity index is 1.45. The second kappa shape index (κ2) is 7.30. The summed E-state index contributed by atoms with van der Waals surface area (Å²) in [7, 11) is 1.86. The third kappa shape index (κ3) is 3.66. The zero-order valence-corrected chi connectivity index (χ0v) is 15.6. The van der Waals surface area contributed by atoms with Gasteiger partial charge in [-0.2, -0.15) is 5.10 Å². The first-order chi connectivity index (χ1) is 13.5. The number of nitrogens with zero attached hydrogens (tertiary/aromatic N) is 4. The molecule has 1 aliphatic heterocycles. The molecule has 0 atom stereocenters. The molecule has 1 aliphatic rings. The average Bonchev–Trinajstić information content (AvgIpc) is 3.31. The van der Waals surface area contributed by atoms with E-state index in [1.807, 2.05) is 24.2 Å². The minimum absolute atomic E-state index is 0.110. The zero-order chi connectivity index (χ0) is 19.7. The molecule has 0 aliphatic carbocycles. The van der Waals surface area contributed by atoms with Crippen LogP contribution in [-0.2, 0) is 31.2 Å². The Morgan fingerprint density at radius 3 is 2.93 bits per heavy atom. The zero-order valence-electron chi connectivity index (χ0n) is 15.6. The van der Waals surface area contributed by atoms with Gasteiger partial charge in [0, 0.05) is 38.2 Å². The molecule has 8 heteroatoms. The maximum absolute atomic E-state index is 12.6. The summed E-state index contributed by atoms with van der Waals surface area (Å²) in [5.41, 5.74) is 3.85. The number of hydrogen-bond donors (Lipinski definition) is 2. The lowest BCUT2D eigenvalue weighted by Gasteiger charge is -2.26. The van der Waals surface area contributed by atoms with Gasteiger partial charge in [-0.05, 0) is 24.1 Å². The van der Waals surface area contributed by atoms with Gasteiger partial charge >= 0.3 is 5.97 Å². The Kier molecular flexibility index (Phi) is 4.68. The van der Waals surface area contributed by atoms with Gasteiger partial charge in [-0.25, -0.2) is 9.78 Å². The molecular formula is C20H21N5O3. The van der Waals surface area contributed by atoms with Gasteiger partial charge < -0.3 is 15.0 Å². The lowest BCUT2D eigenvalue weighted by molar-refractivity contribution is -0.132. The van der Waals surface area contributed by atoms with Crippen LogP contribution in [0.4, 0.5) is 0 Å². The van der Waals surface area contributed by atoms with Crippen LogP contribution in [0.2, 0.25) is 0 Å².